The lowest BCUT2D eigenvalue weighted by atomic mass is 10.2. The summed E-state index contributed by atoms with van der Waals surface area (Å²) in [5, 5.41) is 11.3. The number of carbonyl (C=O) groups excluding carboxylic acids is 2. The van der Waals surface area contributed by atoms with E-state index in [2.05, 4.69) is 20.9 Å². The van der Waals surface area contributed by atoms with Crippen LogP contribution in [0.25, 0.3) is 0 Å². The van der Waals surface area contributed by atoms with Crippen LogP contribution in [0.3, 0.4) is 0 Å². The van der Waals surface area contributed by atoms with Crippen molar-refractivity contribution in [3.05, 3.63) is 16.6 Å². The molecule has 1 aliphatic rings. The predicted molar refractivity (Wildman–Crippen MR) is 68.1 cm³/mol. The number of aromatic nitrogens is 1. The Morgan fingerprint density at radius 1 is 1.72 bits per heavy atom. The van der Waals surface area contributed by atoms with E-state index in [1.165, 1.54) is 11.3 Å². The van der Waals surface area contributed by atoms with Crippen LogP contribution >= 0.6 is 11.3 Å². The number of amides is 2. The van der Waals surface area contributed by atoms with Crippen molar-refractivity contribution < 1.29 is 9.59 Å². The first-order valence-electron chi connectivity index (χ1n) is 5.90. The lowest BCUT2D eigenvalue weighted by molar-refractivity contribution is -0.127. The Balaban J connectivity index is 1.91. The van der Waals surface area contributed by atoms with Crippen LogP contribution in [0.2, 0.25) is 0 Å². The zero-order valence-corrected chi connectivity index (χ0v) is 10.9. The van der Waals surface area contributed by atoms with Crippen LogP contribution in [-0.2, 0) is 9.59 Å². The Labute approximate surface area is 109 Å². The number of nitrogens with zero attached hydrogens (tertiary/aromatic N) is 1. The second-order valence-electron chi connectivity index (χ2n) is 4.08. The van der Waals surface area contributed by atoms with Crippen molar-refractivity contribution in [2.75, 3.05) is 13.1 Å². The van der Waals surface area contributed by atoms with Gasteiger partial charge in [0.05, 0.1) is 12.6 Å². The molecule has 0 radical (unpaired) electrons. The number of rotatable bonds is 4. The zero-order valence-electron chi connectivity index (χ0n) is 10.1. The Morgan fingerprint density at radius 2 is 2.56 bits per heavy atom. The van der Waals surface area contributed by atoms with E-state index in [1.807, 2.05) is 12.3 Å². The minimum Gasteiger partial charge on any atom is -0.353 e. The summed E-state index contributed by atoms with van der Waals surface area (Å²) in [4.78, 5) is 27.2. The third-order valence-electron chi connectivity index (χ3n) is 2.80. The Morgan fingerprint density at radius 3 is 3.11 bits per heavy atom. The summed E-state index contributed by atoms with van der Waals surface area (Å²) in [6, 6.07) is -0.423. The van der Waals surface area contributed by atoms with Crippen LogP contribution in [0.5, 0.6) is 0 Å². The van der Waals surface area contributed by atoms with Gasteiger partial charge in [0.1, 0.15) is 11.0 Å². The molecule has 6 nitrogen and oxygen atoms in total. The van der Waals surface area contributed by atoms with Gasteiger partial charge in [0, 0.05) is 18.1 Å². The minimum atomic E-state index is -0.364. The van der Waals surface area contributed by atoms with Crippen LogP contribution in [0.15, 0.2) is 11.6 Å². The van der Waals surface area contributed by atoms with Crippen molar-refractivity contribution in [1.29, 1.82) is 0 Å². The van der Waals surface area contributed by atoms with Gasteiger partial charge in [-0.1, -0.05) is 6.92 Å². The third kappa shape index (κ3) is 3.05. The van der Waals surface area contributed by atoms with Gasteiger partial charge in [0.15, 0.2) is 0 Å². The Hall–Kier alpha value is -1.47. The summed E-state index contributed by atoms with van der Waals surface area (Å²) in [5.74, 6) is -0.178. The Kier molecular flexibility index (Phi) is 4.27. The molecule has 0 bridgehead atoms. The van der Waals surface area contributed by atoms with Gasteiger partial charge in [-0.05, 0) is 6.42 Å². The molecule has 1 saturated heterocycles. The van der Waals surface area contributed by atoms with E-state index in [1.54, 1.807) is 6.20 Å². The van der Waals surface area contributed by atoms with E-state index < -0.39 is 0 Å². The van der Waals surface area contributed by atoms with Crippen LogP contribution in [-0.4, -0.2) is 35.9 Å². The maximum Gasteiger partial charge on any atom is 0.239 e. The second kappa shape index (κ2) is 5.92. The molecular formula is C11H16N4O2S. The molecule has 2 rings (SSSR count). The molecule has 2 unspecified atom stereocenters. The van der Waals surface area contributed by atoms with Gasteiger partial charge in [-0.25, -0.2) is 4.98 Å². The molecule has 98 valence electrons. The molecule has 2 amide bonds. The van der Waals surface area contributed by atoms with Crippen molar-refractivity contribution in [2.45, 2.75) is 25.4 Å². The molecule has 0 saturated carbocycles. The summed E-state index contributed by atoms with van der Waals surface area (Å²) >= 11 is 1.53. The van der Waals surface area contributed by atoms with Gasteiger partial charge in [-0.3, -0.25) is 14.9 Å². The highest BCUT2D eigenvalue weighted by Crippen LogP contribution is 2.18. The van der Waals surface area contributed by atoms with Crippen LogP contribution in [0.4, 0.5) is 0 Å². The molecular weight excluding hydrogens is 252 g/mol. The molecule has 0 spiro atoms. The average molecular weight is 268 g/mol. The number of hydrogen-bond acceptors (Lipinski definition) is 5. The maximum absolute atomic E-state index is 12.0. The smallest absolute Gasteiger partial charge is 0.239 e. The van der Waals surface area contributed by atoms with Gasteiger partial charge < -0.3 is 10.6 Å². The fourth-order valence-electron chi connectivity index (χ4n) is 1.77. The second-order valence-corrected chi connectivity index (χ2v) is 5.00. The maximum atomic E-state index is 12.0. The summed E-state index contributed by atoms with van der Waals surface area (Å²) < 4.78 is 0. The molecule has 3 N–H and O–H groups in total. The number of nitrogens with one attached hydrogen (secondary N) is 3. The van der Waals surface area contributed by atoms with Crippen molar-refractivity contribution in [2.24, 2.45) is 0 Å². The lowest BCUT2D eigenvalue weighted by Crippen LogP contribution is -2.58. The van der Waals surface area contributed by atoms with E-state index in [-0.39, 0.29) is 30.4 Å². The molecule has 1 aromatic rings. The van der Waals surface area contributed by atoms with E-state index >= 15 is 0 Å². The highest BCUT2D eigenvalue weighted by Gasteiger charge is 2.26. The quantitative estimate of drug-likeness (QED) is 0.706. The number of piperazine rings is 1. The van der Waals surface area contributed by atoms with Crippen molar-refractivity contribution in [3.63, 3.8) is 0 Å². The summed E-state index contributed by atoms with van der Waals surface area (Å²) in [6.07, 6.45) is 2.52. The minimum absolute atomic E-state index is 0.0584. The molecule has 7 heteroatoms. The van der Waals surface area contributed by atoms with Crippen molar-refractivity contribution in [3.8, 4) is 0 Å². The predicted octanol–water partition coefficient (Wildman–Crippen LogP) is -0.202. The fourth-order valence-corrected chi connectivity index (χ4v) is 2.54. The Bertz CT molecular complexity index is 411. The average Bonchev–Trinajstić information content (AvgIpc) is 2.90. The SMILES string of the molecule is CCC(NC(=O)C1CNC(=O)CN1)c1nccs1. The molecule has 18 heavy (non-hydrogen) atoms. The van der Waals surface area contributed by atoms with Gasteiger partial charge >= 0.3 is 0 Å². The third-order valence-corrected chi connectivity index (χ3v) is 3.69. The van der Waals surface area contributed by atoms with Crippen LogP contribution < -0.4 is 16.0 Å². The van der Waals surface area contributed by atoms with Crippen molar-refractivity contribution in [1.82, 2.24) is 20.9 Å². The highest BCUT2D eigenvalue weighted by atomic mass is 32.1. The topological polar surface area (TPSA) is 83.1 Å². The van der Waals surface area contributed by atoms with Crippen LogP contribution in [0.1, 0.15) is 24.4 Å². The van der Waals surface area contributed by atoms with E-state index in [4.69, 9.17) is 0 Å². The van der Waals surface area contributed by atoms with Gasteiger partial charge in [-0.15, -0.1) is 11.3 Å². The molecule has 0 aliphatic carbocycles. The highest BCUT2D eigenvalue weighted by molar-refractivity contribution is 7.09. The summed E-state index contributed by atoms with van der Waals surface area (Å²) in [5.41, 5.74) is 0. The molecule has 1 aromatic heterocycles. The van der Waals surface area contributed by atoms with Crippen molar-refractivity contribution >= 4 is 23.2 Å². The molecule has 1 aliphatic heterocycles. The lowest BCUT2D eigenvalue weighted by Gasteiger charge is -2.25. The number of thiazole rings is 1. The zero-order chi connectivity index (χ0) is 13.0. The molecule has 0 aromatic carbocycles. The van der Waals surface area contributed by atoms with Gasteiger partial charge in [-0.2, -0.15) is 0 Å². The molecule has 1 fully saturated rings. The first-order chi connectivity index (χ1) is 8.70. The largest absolute Gasteiger partial charge is 0.353 e. The number of hydrogen-bond donors (Lipinski definition) is 3. The van der Waals surface area contributed by atoms with E-state index in [9.17, 15) is 9.59 Å². The standard InChI is InChI=1S/C11H16N4O2S/c1-2-7(11-12-3-4-18-11)15-10(17)8-5-14-9(16)6-13-8/h3-4,7-8,13H,2,5-6H2,1H3,(H,14,16)(H,15,17). The first-order valence-corrected chi connectivity index (χ1v) is 6.78. The summed E-state index contributed by atoms with van der Waals surface area (Å²) in [7, 11) is 0. The molecule has 2 heterocycles. The molecule has 2 atom stereocenters. The van der Waals surface area contributed by atoms with Crippen LogP contribution in [0, 0.1) is 0 Å². The monoisotopic (exact) mass is 268 g/mol. The van der Waals surface area contributed by atoms with E-state index in [0.717, 1.165) is 11.4 Å². The van der Waals surface area contributed by atoms with Gasteiger partial charge in [0.25, 0.3) is 0 Å². The first kappa shape index (κ1) is 13.0. The normalized spacial score (nSPS) is 21.2. The van der Waals surface area contributed by atoms with E-state index in [0.29, 0.717) is 6.54 Å². The van der Waals surface area contributed by atoms with Gasteiger partial charge in [0.2, 0.25) is 11.8 Å². The summed E-state index contributed by atoms with van der Waals surface area (Å²) in [6.45, 7) is 2.52. The fraction of sp³-hybridized carbons (Fsp3) is 0.545. The number of carbonyl (C=O) groups is 2.